The molecular weight excluding hydrogens is 276 g/mol. The predicted octanol–water partition coefficient (Wildman–Crippen LogP) is 6.84. The van der Waals surface area contributed by atoms with E-state index in [0.717, 1.165) is 11.8 Å². The summed E-state index contributed by atoms with van der Waals surface area (Å²) in [4.78, 5) is 0. The first-order chi connectivity index (χ1) is 10.2. The number of hydrogen-bond acceptors (Lipinski definition) is 0. The molecule has 1 aromatic rings. The summed E-state index contributed by atoms with van der Waals surface area (Å²) >= 11 is 6.77. The zero-order valence-corrected chi connectivity index (χ0v) is 14.1. The fourth-order valence-corrected chi connectivity index (χ4v) is 4.64. The Kier molecular flexibility index (Phi) is 5.27. The van der Waals surface area contributed by atoms with E-state index in [4.69, 9.17) is 11.6 Å². The van der Waals surface area contributed by atoms with Crippen molar-refractivity contribution in [2.45, 2.75) is 76.0 Å². The maximum Gasteiger partial charge on any atom is 0.0613 e. The van der Waals surface area contributed by atoms with Gasteiger partial charge >= 0.3 is 0 Å². The van der Waals surface area contributed by atoms with E-state index in [1.165, 1.54) is 63.4 Å². The molecule has 1 atom stereocenters. The minimum Gasteiger partial charge on any atom is -0.118 e. The van der Waals surface area contributed by atoms with Crippen molar-refractivity contribution in [2.24, 2.45) is 11.8 Å². The second-order valence-electron chi connectivity index (χ2n) is 7.42. The molecule has 21 heavy (non-hydrogen) atoms. The van der Waals surface area contributed by atoms with Crippen LogP contribution >= 0.6 is 11.6 Å². The van der Waals surface area contributed by atoms with E-state index < -0.39 is 0 Å². The van der Waals surface area contributed by atoms with Gasteiger partial charge in [0, 0.05) is 0 Å². The molecule has 3 rings (SSSR count). The molecule has 0 nitrogen and oxygen atoms in total. The first-order valence-corrected chi connectivity index (χ1v) is 9.41. The highest BCUT2D eigenvalue weighted by Crippen LogP contribution is 2.41. The van der Waals surface area contributed by atoms with Crippen LogP contribution < -0.4 is 0 Å². The third-order valence-corrected chi connectivity index (χ3v) is 6.41. The molecule has 0 radical (unpaired) electrons. The van der Waals surface area contributed by atoms with E-state index in [-0.39, 0.29) is 5.38 Å². The van der Waals surface area contributed by atoms with Gasteiger partial charge in [0.25, 0.3) is 0 Å². The van der Waals surface area contributed by atoms with E-state index in [2.05, 4.69) is 31.2 Å². The van der Waals surface area contributed by atoms with Gasteiger partial charge in [0.1, 0.15) is 0 Å². The van der Waals surface area contributed by atoms with Gasteiger partial charge in [0.05, 0.1) is 5.38 Å². The Balaban J connectivity index is 1.63. The van der Waals surface area contributed by atoms with Crippen LogP contribution in [0.1, 0.15) is 87.1 Å². The van der Waals surface area contributed by atoms with Crippen molar-refractivity contribution in [3.05, 3.63) is 35.4 Å². The standard InChI is InChI=1S/C20H29Cl/c1-15-7-9-18(10-8-15)20(21)19-13-11-17(12-14-19)16-5-3-2-4-6-16/h11-16,18,20H,2-10H2,1H3. The first-order valence-electron chi connectivity index (χ1n) is 8.98. The minimum atomic E-state index is 0.220. The highest BCUT2D eigenvalue weighted by atomic mass is 35.5. The molecule has 0 aliphatic heterocycles. The Morgan fingerprint density at radius 2 is 1.48 bits per heavy atom. The van der Waals surface area contributed by atoms with Crippen LogP contribution in [0.3, 0.4) is 0 Å². The van der Waals surface area contributed by atoms with Gasteiger partial charge in [0.2, 0.25) is 0 Å². The molecule has 1 heteroatoms. The van der Waals surface area contributed by atoms with Crippen molar-refractivity contribution in [3.63, 3.8) is 0 Å². The molecule has 2 saturated carbocycles. The van der Waals surface area contributed by atoms with Gasteiger partial charge < -0.3 is 0 Å². The summed E-state index contributed by atoms with van der Waals surface area (Å²) < 4.78 is 0. The van der Waals surface area contributed by atoms with E-state index in [0.29, 0.717) is 5.92 Å². The largest absolute Gasteiger partial charge is 0.118 e. The summed E-state index contributed by atoms with van der Waals surface area (Å²) in [6.07, 6.45) is 12.3. The summed E-state index contributed by atoms with van der Waals surface area (Å²) in [5.74, 6) is 2.39. The van der Waals surface area contributed by atoms with Crippen LogP contribution in [0.4, 0.5) is 0 Å². The summed E-state index contributed by atoms with van der Waals surface area (Å²) in [5, 5.41) is 0.220. The number of hydrogen-bond donors (Lipinski definition) is 0. The SMILES string of the molecule is CC1CCC(C(Cl)c2ccc(C3CCCCC3)cc2)CC1. The van der Waals surface area contributed by atoms with Crippen LogP contribution in [0.2, 0.25) is 0 Å². The molecule has 2 fully saturated rings. The molecule has 0 aromatic heterocycles. The van der Waals surface area contributed by atoms with Crippen molar-refractivity contribution in [1.82, 2.24) is 0 Å². The normalized spacial score (nSPS) is 29.2. The van der Waals surface area contributed by atoms with Crippen LogP contribution in [0.5, 0.6) is 0 Å². The molecular formula is C20H29Cl. The van der Waals surface area contributed by atoms with E-state index >= 15 is 0 Å². The minimum absolute atomic E-state index is 0.220. The van der Waals surface area contributed by atoms with Crippen molar-refractivity contribution in [2.75, 3.05) is 0 Å². The molecule has 1 aromatic carbocycles. The highest BCUT2D eigenvalue weighted by Gasteiger charge is 2.26. The number of alkyl halides is 1. The maximum atomic E-state index is 6.77. The molecule has 0 saturated heterocycles. The lowest BCUT2D eigenvalue weighted by Gasteiger charge is -2.30. The molecule has 2 aliphatic rings. The average Bonchev–Trinajstić information content (AvgIpc) is 2.56. The van der Waals surface area contributed by atoms with Crippen LogP contribution in [0.25, 0.3) is 0 Å². The van der Waals surface area contributed by atoms with Gasteiger partial charge in [-0.1, -0.05) is 63.3 Å². The predicted molar refractivity (Wildman–Crippen MR) is 92.0 cm³/mol. The quantitative estimate of drug-likeness (QED) is 0.536. The fraction of sp³-hybridized carbons (Fsp3) is 0.700. The number of halogens is 1. The molecule has 0 spiro atoms. The Labute approximate surface area is 135 Å². The van der Waals surface area contributed by atoms with E-state index in [1.54, 1.807) is 5.56 Å². The van der Waals surface area contributed by atoms with Gasteiger partial charge in [-0.2, -0.15) is 0 Å². The maximum absolute atomic E-state index is 6.77. The summed E-state index contributed by atoms with van der Waals surface area (Å²) in [6, 6.07) is 9.32. The topological polar surface area (TPSA) is 0 Å². The molecule has 0 N–H and O–H groups in total. The zero-order chi connectivity index (χ0) is 14.7. The van der Waals surface area contributed by atoms with Crippen molar-refractivity contribution >= 4 is 11.6 Å². The molecule has 0 amide bonds. The van der Waals surface area contributed by atoms with Gasteiger partial charge in [-0.3, -0.25) is 0 Å². The second kappa shape index (κ2) is 7.18. The third-order valence-electron chi connectivity index (χ3n) is 5.81. The highest BCUT2D eigenvalue weighted by molar-refractivity contribution is 6.21. The van der Waals surface area contributed by atoms with Gasteiger partial charge in [0.15, 0.2) is 0 Å². The molecule has 0 heterocycles. The van der Waals surface area contributed by atoms with Gasteiger partial charge in [-0.25, -0.2) is 0 Å². The van der Waals surface area contributed by atoms with Crippen molar-refractivity contribution < 1.29 is 0 Å². The van der Waals surface area contributed by atoms with Crippen LogP contribution in [0, 0.1) is 11.8 Å². The lowest BCUT2D eigenvalue weighted by atomic mass is 9.79. The van der Waals surface area contributed by atoms with Crippen molar-refractivity contribution in [1.29, 1.82) is 0 Å². The Morgan fingerprint density at radius 3 is 2.10 bits per heavy atom. The van der Waals surface area contributed by atoms with Gasteiger partial charge in [-0.15, -0.1) is 11.6 Å². The average molecular weight is 305 g/mol. The first kappa shape index (κ1) is 15.4. The van der Waals surface area contributed by atoms with E-state index in [1.807, 2.05) is 0 Å². The lowest BCUT2D eigenvalue weighted by molar-refractivity contribution is 0.283. The fourth-order valence-electron chi connectivity index (χ4n) is 4.24. The molecule has 2 aliphatic carbocycles. The molecule has 0 bridgehead atoms. The summed E-state index contributed by atoms with van der Waals surface area (Å²) in [7, 11) is 0. The van der Waals surface area contributed by atoms with Crippen LogP contribution in [-0.4, -0.2) is 0 Å². The Hall–Kier alpha value is -0.490. The second-order valence-corrected chi connectivity index (χ2v) is 7.89. The number of benzene rings is 1. The molecule has 1 unspecified atom stereocenters. The third kappa shape index (κ3) is 3.83. The van der Waals surface area contributed by atoms with Crippen LogP contribution in [-0.2, 0) is 0 Å². The summed E-state index contributed by atoms with van der Waals surface area (Å²) in [6.45, 7) is 2.37. The number of rotatable bonds is 3. The Bertz CT molecular complexity index is 422. The van der Waals surface area contributed by atoms with Gasteiger partial charge in [-0.05, 0) is 54.6 Å². The molecule has 116 valence electrons. The summed E-state index contributed by atoms with van der Waals surface area (Å²) in [5.41, 5.74) is 2.88. The van der Waals surface area contributed by atoms with E-state index in [9.17, 15) is 0 Å². The Morgan fingerprint density at radius 1 is 0.857 bits per heavy atom. The smallest absolute Gasteiger partial charge is 0.0613 e. The zero-order valence-electron chi connectivity index (χ0n) is 13.4. The monoisotopic (exact) mass is 304 g/mol. The van der Waals surface area contributed by atoms with Crippen molar-refractivity contribution in [3.8, 4) is 0 Å². The van der Waals surface area contributed by atoms with Crippen LogP contribution in [0.15, 0.2) is 24.3 Å². The lowest BCUT2D eigenvalue weighted by Crippen LogP contribution is -2.16.